The van der Waals surface area contributed by atoms with Crippen molar-refractivity contribution in [3.63, 3.8) is 0 Å². The van der Waals surface area contributed by atoms with E-state index in [0.717, 1.165) is 4.90 Å². The molecule has 0 atom stereocenters. The first-order chi connectivity index (χ1) is 9.75. The molecule has 6 nitrogen and oxygen atoms in total. The predicted molar refractivity (Wildman–Crippen MR) is 80.9 cm³/mol. The molecule has 0 saturated heterocycles. The number of hydrogen-bond donors (Lipinski definition) is 2. The van der Waals surface area contributed by atoms with E-state index in [-0.39, 0.29) is 6.54 Å². The van der Waals surface area contributed by atoms with Crippen molar-refractivity contribution in [2.24, 2.45) is 0 Å². The summed E-state index contributed by atoms with van der Waals surface area (Å²) in [6.07, 6.45) is 0. The highest BCUT2D eigenvalue weighted by Gasteiger charge is 2.22. The first-order valence-electron chi connectivity index (χ1n) is 6.33. The van der Waals surface area contributed by atoms with Gasteiger partial charge in [-0.2, -0.15) is 0 Å². The molecule has 0 aromatic heterocycles. The number of ether oxygens (including phenoxy) is 1. The van der Waals surface area contributed by atoms with Crippen molar-refractivity contribution in [1.29, 1.82) is 0 Å². The molecule has 2 amide bonds. The van der Waals surface area contributed by atoms with E-state index in [1.54, 1.807) is 18.2 Å². The summed E-state index contributed by atoms with van der Waals surface area (Å²) in [5, 5.41) is 12.0. The summed E-state index contributed by atoms with van der Waals surface area (Å²) in [5.41, 5.74) is -0.128. The Hall–Kier alpha value is -1.79. The molecular formula is C14H19ClN2O4. The quantitative estimate of drug-likeness (QED) is 0.845. The molecule has 0 aliphatic rings. The summed E-state index contributed by atoms with van der Waals surface area (Å²) in [6, 6.07) is 5.93. The van der Waals surface area contributed by atoms with E-state index in [4.69, 9.17) is 21.4 Å². The molecule has 1 rings (SSSR count). The van der Waals surface area contributed by atoms with Crippen LogP contribution in [0.2, 0.25) is 5.02 Å². The number of benzene rings is 1. The van der Waals surface area contributed by atoms with Gasteiger partial charge in [0.2, 0.25) is 0 Å². The maximum absolute atomic E-state index is 12.2. The molecule has 0 aliphatic heterocycles. The maximum Gasteiger partial charge on any atom is 0.323 e. The lowest BCUT2D eigenvalue weighted by Crippen LogP contribution is -2.48. The lowest BCUT2D eigenvalue weighted by Gasteiger charge is -2.26. The van der Waals surface area contributed by atoms with Crippen LogP contribution in [0.5, 0.6) is 0 Å². The first-order valence-corrected chi connectivity index (χ1v) is 6.71. The number of anilines is 1. The topological polar surface area (TPSA) is 78.9 Å². The third-order valence-electron chi connectivity index (χ3n) is 2.88. The van der Waals surface area contributed by atoms with Crippen molar-refractivity contribution in [2.45, 2.75) is 19.4 Å². The fourth-order valence-electron chi connectivity index (χ4n) is 1.52. The zero-order chi connectivity index (χ0) is 16.0. The van der Waals surface area contributed by atoms with Crippen molar-refractivity contribution in [3.8, 4) is 0 Å². The van der Waals surface area contributed by atoms with Gasteiger partial charge in [-0.1, -0.05) is 17.7 Å². The smallest absolute Gasteiger partial charge is 0.323 e. The van der Waals surface area contributed by atoms with E-state index >= 15 is 0 Å². The second kappa shape index (κ2) is 7.28. The molecule has 0 heterocycles. The van der Waals surface area contributed by atoms with Crippen LogP contribution in [0.4, 0.5) is 10.5 Å². The number of nitrogens with one attached hydrogen (secondary N) is 1. The Labute approximate surface area is 128 Å². The molecule has 0 aliphatic carbocycles. The zero-order valence-electron chi connectivity index (χ0n) is 12.2. The average Bonchev–Trinajstić information content (AvgIpc) is 2.42. The van der Waals surface area contributed by atoms with E-state index in [0.29, 0.717) is 10.7 Å². The van der Waals surface area contributed by atoms with Crippen molar-refractivity contribution < 1.29 is 19.4 Å². The van der Waals surface area contributed by atoms with Gasteiger partial charge in [-0.15, -0.1) is 0 Å². The van der Waals surface area contributed by atoms with Gasteiger partial charge < -0.3 is 15.2 Å². The number of halogens is 1. The Bertz CT molecular complexity index is 519. The lowest BCUT2D eigenvalue weighted by molar-refractivity contribution is -0.135. The van der Waals surface area contributed by atoms with Gasteiger partial charge in [0.05, 0.1) is 5.60 Å². The Balaban J connectivity index is 2.87. The summed E-state index contributed by atoms with van der Waals surface area (Å²) in [5.74, 6) is -1.11. The van der Waals surface area contributed by atoms with E-state index in [9.17, 15) is 9.59 Å². The van der Waals surface area contributed by atoms with Crippen LogP contribution in [-0.4, -0.2) is 42.9 Å². The predicted octanol–water partition coefficient (Wildman–Crippen LogP) is 2.37. The summed E-state index contributed by atoms with van der Waals surface area (Å²) in [6.45, 7) is 3.42. The third-order valence-corrected chi connectivity index (χ3v) is 3.11. The number of amides is 2. The molecule has 21 heavy (non-hydrogen) atoms. The van der Waals surface area contributed by atoms with Crippen LogP contribution in [0, 0.1) is 0 Å². The molecular weight excluding hydrogens is 296 g/mol. The maximum atomic E-state index is 12.2. The van der Waals surface area contributed by atoms with Gasteiger partial charge in [0.15, 0.2) is 0 Å². The fraction of sp³-hybridized carbons (Fsp3) is 0.429. The van der Waals surface area contributed by atoms with Gasteiger partial charge in [0, 0.05) is 24.4 Å². The van der Waals surface area contributed by atoms with Crippen molar-refractivity contribution in [1.82, 2.24) is 5.32 Å². The molecule has 1 aromatic rings. The molecule has 1 aromatic carbocycles. The summed E-state index contributed by atoms with van der Waals surface area (Å²) < 4.78 is 5.20. The highest BCUT2D eigenvalue weighted by atomic mass is 35.5. The third kappa shape index (κ3) is 5.61. The van der Waals surface area contributed by atoms with Gasteiger partial charge in [-0.05, 0) is 32.0 Å². The van der Waals surface area contributed by atoms with E-state index in [1.165, 1.54) is 13.2 Å². The van der Waals surface area contributed by atoms with Crippen molar-refractivity contribution in [3.05, 3.63) is 29.3 Å². The largest absolute Gasteiger partial charge is 0.480 e. The molecule has 0 bridgehead atoms. The summed E-state index contributed by atoms with van der Waals surface area (Å²) >= 11 is 5.88. The highest BCUT2D eigenvalue weighted by molar-refractivity contribution is 6.30. The first kappa shape index (κ1) is 17.3. The number of urea groups is 1. The number of rotatable bonds is 6. The Morgan fingerprint density at radius 2 is 2.10 bits per heavy atom. The van der Waals surface area contributed by atoms with Gasteiger partial charge in [0.25, 0.3) is 0 Å². The minimum absolute atomic E-state index is 0.249. The van der Waals surface area contributed by atoms with Crippen LogP contribution in [0.15, 0.2) is 24.3 Å². The van der Waals surface area contributed by atoms with Gasteiger partial charge in [-0.25, -0.2) is 4.79 Å². The van der Waals surface area contributed by atoms with Crippen LogP contribution >= 0.6 is 11.6 Å². The minimum Gasteiger partial charge on any atom is -0.480 e. The fourth-order valence-corrected chi connectivity index (χ4v) is 1.70. The van der Waals surface area contributed by atoms with Crippen LogP contribution in [0.3, 0.4) is 0 Å². The number of methoxy groups -OCH3 is 1. The molecule has 7 heteroatoms. The van der Waals surface area contributed by atoms with Gasteiger partial charge in [-0.3, -0.25) is 9.69 Å². The number of carboxylic acid groups (broad SMARTS) is 1. The lowest BCUT2D eigenvalue weighted by atomic mass is 10.1. The van der Waals surface area contributed by atoms with E-state index in [1.807, 2.05) is 13.8 Å². The number of carboxylic acids is 1. The average molecular weight is 315 g/mol. The molecule has 0 radical (unpaired) electrons. The normalized spacial score (nSPS) is 11.0. The molecule has 2 N–H and O–H groups in total. The van der Waals surface area contributed by atoms with E-state index in [2.05, 4.69) is 5.32 Å². The van der Waals surface area contributed by atoms with Gasteiger partial charge in [0.1, 0.15) is 6.54 Å². The Kier molecular flexibility index (Phi) is 5.99. The summed E-state index contributed by atoms with van der Waals surface area (Å²) in [4.78, 5) is 24.3. The zero-order valence-corrected chi connectivity index (χ0v) is 13.0. The molecule has 116 valence electrons. The van der Waals surface area contributed by atoms with Crippen molar-refractivity contribution >= 4 is 29.3 Å². The standard InChI is InChI=1S/C14H19ClN2O4/c1-14(2,21-3)9-16-13(20)17(8-12(18)19)11-6-4-5-10(15)7-11/h4-7H,8-9H2,1-3H3,(H,16,20)(H,18,19). The number of hydrogen-bond acceptors (Lipinski definition) is 3. The molecule has 0 spiro atoms. The van der Waals surface area contributed by atoms with Crippen molar-refractivity contribution in [2.75, 3.05) is 25.1 Å². The van der Waals surface area contributed by atoms with Crippen LogP contribution in [-0.2, 0) is 9.53 Å². The molecule has 0 fully saturated rings. The second-order valence-corrected chi connectivity index (χ2v) is 5.52. The number of nitrogens with zero attached hydrogens (tertiary/aromatic N) is 1. The highest BCUT2D eigenvalue weighted by Crippen LogP contribution is 2.19. The summed E-state index contributed by atoms with van der Waals surface area (Å²) in [7, 11) is 1.54. The Morgan fingerprint density at radius 3 is 2.62 bits per heavy atom. The minimum atomic E-state index is -1.11. The van der Waals surface area contributed by atoms with Crippen LogP contribution in [0.1, 0.15) is 13.8 Å². The molecule has 0 saturated carbocycles. The second-order valence-electron chi connectivity index (χ2n) is 5.08. The monoisotopic (exact) mass is 314 g/mol. The van der Waals surface area contributed by atoms with Crippen LogP contribution < -0.4 is 10.2 Å². The Morgan fingerprint density at radius 1 is 1.43 bits per heavy atom. The SMILES string of the molecule is COC(C)(C)CNC(=O)N(CC(=O)O)c1cccc(Cl)c1. The number of carbonyl (C=O) groups excluding carboxylic acids is 1. The van der Waals surface area contributed by atoms with Gasteiger partial charge >= 0.3 is 12.0 Å². The molecule has 0 unspecified atom stereocenters. The number of aliphatic carboxylic acids is 1. The van der Waals surface area contributed by atoms with Crippen LogP contribution in [0.25, 0.3) is 0 Å². The van der Waals surface area contributed by atoms with E-state index < -0.39 is 24.1 Å². The number of carbonyl (C=O) groups is 2.